The van der Waals surface area contributed by atoms with Gasteiger partial charge in [0.25, 0.3) is 5.91 Å². The van der Waals surface area contributed by atoms with Crippen LogP contribution >= 0.6 is 0 Å². The highest BCUT2D eigenvalue weighted by atomic mass is 19.1. The van der Waals surface area contributed by atoms with Crippen molar-refractivity contribution in [3.8, 4) is 23.3 Å². The van der Waals surface area contributed by atoms with E-state index in [2.05, 4.69) is 16.3 Å². The Balaban J connectivity index is 1.56. The van der Waals surface area contributed by atoms with Gasteiger partial charge in [0.15, 0.2) is 11.6 Å². The molecule has 0 atom stereocenters. The summed E-state index contributed by atoms with van der Waals surface area (Å²) in [6.45, 7) is 9.47. The topological polar surface area (TPSA) is 83.8 Å². The SMILES string of the molecule is CCOc1cc(C)c(C(=O)Nc2cc(C#N)ccc2N2CCC(Oc3ccc(F)cc3F)CC2)c(OCC)c1C. The molecular weight excluding hydrogens is 516 g/mol. The predicted octanol–water partition coefficient (Wildman–Crippen LogP) is 6.55. The molecule has 3 aromatic carbocycles. The molecule has 0 aromatic heterocycles. The van der Waals surface area contributed by atoms with Crippen molar-refractivity contribution in [3.05, 3.63) is 76.4 Å². The number of rotatable bonds is 9. The average Bonchev–Trinajstić information content (AvgIpc) is 2.93. The Morgan fingerprint density at radius 3 is 2.40 bits per heavy atom. The van der Waals surface area contributed by atoms with Crippen molar-refractivity contribution in [2.75, 3.05) is 36.5 Å². The first-order chi connectivity index (χ1) is 19.2. The zero-order chi connectivity index (χ0) is 28.8. The van der Waals surface area contributed by atoms with Gasteiger partial charge in [-0.1, -0.05) is 0 Å². The number of amides is 1. The Hall–Kier alpha value is -4.32. The molecule has 0 aliphatic carbocycles. The molecule has 1 saturated heterocycles. The Kier molecular flexibility index (Phi) is 9.10. The molecule has 40 heavy (non-hydrogen) atoms. The summed E-state index contributed by atoms with van der Waals surface area (Å²) in [7, 11) is 0. The lowest BCUT2D eigenvalue weighted by Crippen LogP contribution is -2.38. The number of nitrogens with zero attached hydrogens (tertiary/aromatic N) is 2. The summed E-state index contributed by atoms with van der Waals surface area (Å²) in [6.07, 6.45) is 0.946. The lowest BCUT2D eigenvalue weighted by molar-refractivity contribution is 0.102. The van der Waals surface area contributed by atoms with Crippen molar-refractivity contribution in [1.29, 1.82) is 5.26 Å². The first kappa shape index (κ1) is 28.7. The minimum Gasteiger partial charge on any atom is -0.493 e. The van der Waals surface area contributed by atoms with Crippen LogP contribution in [0.25, 0.3) is 0 Å². The first-order valence-corrected chi connectivity index (χ1v) is 13.4. The number of carbonyl (C=O) groups is 1. The molecule has 1 amide bonds. The standard InChI is InChI=1S/C31H33F2N3O4/c1-5-38-28-15-19(3)29(30(20(28)4)39-6-2)31(37)35-25-16-21(18-34)7-9-26(25)36-13-11-23(12-14-36)40-27-10-8-22(32)17-24(27)33/h7-10,15-17,23H,5-6,11-14H2,1-4H3,(H,35,37). The van der Waals surface area contributed by atoms with E-state index in [0.717, 1.165) is 17.3 Å². The Morgan fingerprint density at radius 2 is 1.75 bits per heavy atom. The maximum Gasteiger partial charge on any atom is 0.259 e. The maximum atomic E-state index is 14.1. The van der Waals surface area contributed by atoms with E-state index in [0.29, 0.717) is 73.0 Å². The number of halogens is 2. The van der Waals surface area contributed by atoms with Gasteiger partial charge in [-0.3, -0.25) is 4.79 Å². The summed E-state index contributed by atoms with van der Waals surface area (Å²) in [4.78, 5) is 15.8. The maximum absolute atomic E-state index is 14.1. The molecular formula is C31H33F2N3O4. The third kappa shape index (κ3) is 6.28. The minimum absolute atomic E-state index is 0.0253. The summed E-state index contributed by atoms with van der Waals surface area (Å²) < 4.78 is 44.7. The Labute approximate surface area is 233 Å². The van der Waals surface area contributed by atoms with Gasteiger partial charge in [-0.05, 0) is 69.7 Å². The van der Waals surface area contributed by atoms with Crippen molar-refractivity contribution >= 4 is 17.3 Å². The number of nitriles is 1. The molecule has 3 aromatic rings. The second kappa shape index (κ2) is 12.7. The second-order valence-electron chi connectivity index (χ2n) is 9.56. The third-order valence-corrected chi connectivity index (χ3v) is 6.84. The van der Waals surface area contributed by atoms with Gasteiger partial charge in [-0.2, -0.15) is 5.26 Å². The van der Waals surface area contributed by atoms with Crippen LogP contribution in [0, 0.1) is 36.8 Å². The highest BCUT2D eigenvalue weighted by molar-refractivity contribution is 6.09. The number of carbonyl (C=O) groups excluding carboxylic acids is 1. The van der Waals surface area contributed by atoms with Crippen LogP contribution in [-0.2, 0) is 0 Å². The number of piperidine rings is 1. The number of hydrogen-bond donors (Lipinski definition) is 1. The normalized spacial score (nSPS) is 13.5. The molecule has 1 fully saturated rings. The fraction of sp³-hybridized carbons (Fsp3) is 0.355. The first-order valence-electron chi connectivity index (χ1n) is 13.4. The number of hydrogen-bond acceptors (Lipinski definition) is 6. The third-order valence-electron chi connectivity index (χ3n) is 6.84. The van der Waals surface area contributed by atoms with Gasteiger partial charge < -0.3 is 24.4 Å². The van der Waals surface area contributed by atoms with E-state index in [-0.39, 0.29) is 17.8 Å². The van der Waals surface area contributed by atoms with Crippen molar-refractivity contribution < 1.29 is 27.8 Å². The van der Waals surface area contributed by atoms with Crippen molar-refractivity contribution in [1.82, 2.24) is 0 Å². The number of nitrogens with one attached hydrogen (secondary N) is 1. The smallest absolute Gasteiger partial charge is 0.259 e. The predicted molar refractivity (Wildman–Crippen MR) is 150 cm³/mol. The summed E-state index contributed by atoms with van der Waals surface area (Å²) in [5, 5.41) is 12.5. The van der Waals surface area contributed by atoms with Crippen LogP contribution in [0.4, 0.5) is 20.2 Å². The van der Waals surface area contributed by atoms with Gasteiger partial charge in [-0.15, -0.1) is 0 Å². The number of aryl methyl sites for hydroxylation is 1. The van der Waals surface area contributed by atoms with E-state index >= 15 is 0 Å². The zero-order valence-corrected chi connectivity index (χ0v) is 23.1. The second-order valence-corrected chi connectivity index (χ2v) is 9.56. The molecule has 0 saturated carbocycles. The monoisotopic (exact) mass is 549 g/mol. The highest BCUT2D eigenvalue weighted by Crippen LogP contribution is 2.37. The fourth-order valence-electron chi connectivity index (χ4n) is 4.90. The molecule has 7 nitrogen and oxygen atoms in total. The van der Waals surface area contributed by atoms with Gasteiger partial charge in [-0.25, -0.2) is 8.78 Å². The summed E-state index contributed by atoms with van der Waals surface area (Å²) in [5.41, 5.74) is 3.53. The average molecular weight is 550 g/mol. The Morgan fingerprint density at radius 1 is 1.02 bits per heavy atom. The van der Waals surface area contributed by atoms with E-state index in [1.54, 1.807) is 12.1 Å². The number of anilines is 2. The molecule has 210 valence electrons. The molecule has 0 spiro atoms. The van der Waals surface area contributed by atoms with Crippen molar-refractivity contribution in [3.63, 3.8) is 0 Å². The highest BCUT2D eigenvalue weighted by Gasteiger charge is 2.26. The van der Waals surface area contributed by atoms with Crippen LogP contribution in [0.3, 0.4) is 0 Å². The molecule has 1 aliphatic rings. The minimum atomic E-state index is -0.731. The van der Waals surface area contributed by atoms with Gasteiger partial charge in [0, 0.05) is 37.6 Å². The van der Waals surface area contributed by atoms with E-state index in [4.69, 9.17) is 14.2 Å². The molecule has 1 aliphatic heterocycles. The molecule has 0 radical (unpaired) electrons. The van der Waals surface area contributed by atoms with Gasteiger partial charge >= 0.3 is 0 Å². The van der Waals surface area contributed by atoms with Crippen molar-refractivity contribution in [2.45, 2.75) is 46.6 Å². The van der Waals surface area contributed by atoms with Crippen LogP contribution in [0.15, 0.2) is 42.5 Å². The van der Waals surface area contributed by atoms with Gasteiger partial charge in [0.2, 0.25) is 0 Å². The lowest BCUT2D eigenvalue weighted by Gasteiger charge is -2.35. The van der Waals surface area contributed by atoms with Crippen LogP contribution in [0.2, 0.25) is 0 Å². The van der Waals surface area contributed by atoms with Crippen molar-refractivity contribution in [2.24, 2.45) is 0 Å². The van der Waals surface area contributed by atoms with Gasteiger partial charge in [0.1, 0.15) is 23.4 Å². The number of benzene rings is 3. The quantitative estimate of drug-likeness (QED) is 0.326. The lowest BCUT2D eigenvalue weighted by atomic mass is 10.0. The fourth-order valence-corrected chi connectivity index (χ4v) is 4.90. The molecule has 1 heterocycles. The molecule has 0 unspecified atom stereocenters. The molecule has 1 N–H and O–H groups in total. The van der Waals surface area contributed by atoms with E-state index in [1.165, 1.54) is 12.1 Å². The van der Waals surface area contributed by atoms with Crippen LogP contribution in [0.1, 0.15) is 53.7 Å². The summed E-state index contributed by atoms with van der Waals surface area (Å²) in [5.74, 6) is -0.583. The van der Waals surface area contributed by atoms with Crippen LogP contribution in [0.5, 0.6) is 17.2 Å². The molecule has 9 heteroatoms. The largest absolute Gasteiger partial charge is 0.493 e. The van der Waals surface area contributed by atoms with E-state index < -0.39 is 11.6 Å². The zero-order valence-electron chi connectivity index (χ0n) is 23.1. The van der Waals surface area contributed by atoms with Gasteiger partial charge in [0.05, 0.1) is 41.8 Å². The summed E-state index contributed by atoms with van der Waals surface area (Å²) in [6, 6.07) is 12.4. The van der Waals surface area contributed by atoms with Crippen LogP contribution < -0.4 is 24.4 Å². The van der Waals surface area contributed by atoms with E-state index in [9.17, 15) is 18.8 Å². The Bertz CT molecular complexity index is 1430. The van der Waals surface area contributed by atoms with E-state index in [1.807, 2.05) is 39.8 Å². The number of ether oxygens (including phenoxy) is 3. The molecule has 0 bridgehead atoms. The molecule has 4 rings (SSSR count). The summed E-state index contributed by atoms with van der Waals surface area (Å²) >= 11 is 0. The van der Waals surface area contributed by atoms with Crippen LogP contribution in [-0.4, -0.2) is 38.3 Å².